The number of rotatable bonds is 4. The van der Waals surface area contributed by atoms with Gasteiger partial charge in [-0.05, 0) is 49.6 Å². The largest absolute Gasteiger partial charge is 0.427 e. The Bertz CT molecular complexity index is 786. The van der Waals surface area contributed by atoms with Crippen LogP contribution < -0.4 is 9.64 Å². The number of anilines is 1. The molecule has 2 aromatic rings. The van der Waals surface area contributed by atoms with Gasteiger partial charge in [-0.3, -0.25) is 4.79 Å². The van der Waals surface area contributed by atoms with E-state index in [1.807, 2.05) is 24.3 Å². The van der Waals surface area contributed by atoms with Crippen LogP contribution in [0, 0.1) is 20.8 Å². The van der Waals surface area contributed by atoms with Crippen LogP contribution in [0.3, 0.4) is 0 Å². The number of benzene rings is 2. The van der Waals surface area contributed by atoms with Gasteiger partial charge in [-0.2, -0.15) is 0 Å². The molecule has 0 radical (unpaired) electrons. The molecule has 1 aliphatic rings. The van der Waals surface area contributed by atoms with E-state index >= 15 is 0 Å². The first kappa shape index (κ1) is 17.1. The van der Waals surface area contributed by atoms with E-state index in [1.165, 1.54) is 34.9 Å². The van der Waals surface area contributed by atoms with Gasteiger partial charge in [0.1, 0.15) is 5.75 Å². The third kappa shape index (κ3) is 4.02. The van der Waals surface area contributed by atoms with Crippen molar-refractivity contribution < 1.29 is 9.53 Å². The topological polar surface area (TPSA) is 32.8 Å². The maximum absolute atomic E-state index is 11.0. The molecule has 0 spiro atoms. The van der Waals surface area contributed by atoms with Gasteiger partial charge in [0.05, 0.1) is 6.67 Å². The van der Waals surface area contributed by atoms with Crippen LogP contribution in [-0.2, 0) is 11.3 Å². The summed E-state index contributed by atoms with van der Waals surface area (Å²) in [7, 11) is 0. The number of ether oxygens (including phenoxy) is 1. The standard InChI is InChI=1S/C21H24N2O2/c1-15-11-16(2)21(17(3)12-15)23-10-9-22(14-23)13-19-5-7-20(8-6-19)25-18(4)24/h5-12H,13-14H2,1-4H3. The first-order valence-corrected chi connectivity index (χ1v) is 8.46. The lowest BCUT2D eigenvalue weighted by Crippen LogP contribution is -2.25. The van der Waals surface area contributed by atoms with E-state index in [1.54, 1.807) is 0 Å². The molecular formula is C21H24N2O2. The fraction of sp³-hybridized carbons (Fsp3) is 0.286. The van der Waals surface area contributed by atoms with Crippen LogP contribution in [0.5, 0.6) is 5.75 Å². The summed E-state index contributed by atoms with van der Waals surface area (Å²) in [6.07, 6.45) is 4.26. The van der Waals surface area contributed by atoms with E-state index in [0.717, 1.165) is 13.2 Å². The Labute approximate surface area is 149 Å². The molecule has 0 amide bonds. The number of hydrogen-bond acceptors (Lipinski definition) is 4. The summed E-state index contributed by atoms with van der Waals surface area (Å²) in [5, 5.41) is 0. The molecule has 4 heteroatoms. The summed E-state index contributed by atoms with van der Waals surface area (Å²) in [6.45, 7) is 9.52. The molecule has 130 valence electrons. The first-order valence-electron chi connectivity index (χ1n) is 8.46. The Morgan fingerprint density at radius 3 is 2.28 bits per heavy atom. The first-order chi connectivity index (χ1) is 11.9. The summed E-state index contributed by atoms with van der Waals surface area (Å²) in [5.41, 5.74) is 6.37. The third-order valence-corrected chi connectivity index (χ3v) is 4.28. The van der Waals surface area contributed by atoms with E-state index in [0.29, 0.717) is 5.75 Å². The van der Waals surface area contributed by atoms with E-state index in [4.69, 9.17) is 4.74 Å². The molecule has 0 unspecified atom stereocenters. The van der Waals surface area contributed by atoms with Gasteiger partial charge in [0.2, 0.25) is 0 Å². The zero-order chi connectivity index (χ0) is 18.0. The normalized spacial score (nSPS) is 13.4. The zero-order valence-corrected chi connectivity index (χ0v) is 15.2. The van der Waals surface area contributed by atoms with Gasteiger partial charge in [0.25, 0.3) is 0 Å². The summed E-state index contributed by atoms with van der Waals surface area (Å²) >= 11 is 0. The van der Waals surface area contributed by atoms with Crippen molar-refractivity contribution in [2.24, 2.45) is 0 Å². The Morgan fingerprint density at radius 2 is 1.68 bits per heavy atom. The van der Waals surface area contributed by atoms with Crippen LogP contribution in [0.2, 0.25) is 0 Å². The van der Waals surface area contributed by atoms with Crippen molar-refractivity contribution in [3.63, 3.8) is 0 Å². The maximum atomic E-state index is 11.0. The van der Waals surface area contributed by atoms with Crippen molar-refractivity contribution in [3.8, 4) is 5.75 Å². The minimum absolute atomic E-state index is 0.297. The predicted octanol–water partition coefficient (Wildman–Crippen LogP) is 4.29. The molecule has 3 rings (SSSR count). The Kier molecular flexibility index (Phi) is 4.79. The highest BCUT2D eigenvalue weighted by Crippen LogP contribution is 2.29. The lowest BCUT2D eigenvalue weighted by molar-refractivity contribution is -0.131. The summed E-state index contributed by atoms with van der Waals surface area (Å²) < 4.78 is 5.08. The SMILES string of the molecule is CC(=O)Oc1ccc(CN2C=CN(c3c(C)cc(C)cc3C)C2)cc1. The number of nitrogens with zero attached hydrogens (tertiary/aromatic N) is 2. The molecule has 0 saturated heterocycles. The average Bonchev–Trinajstić information content (AvgIpc) is 2.96. The fourth-order valence-electron chi connectivity index (χ4n) is 3.40. The van der Waals surface area contributed by atoms with E-state index in [-0.39, 0.29) is 5.97 Å². The van der Waals surface area contributed by atoms with Crippen molar-refractivity contribution in [1.82, 2.24) is 4.90 Å². The van der Waals surface area contributed by atoms with Crippen molar-refractivity contribution >= 4 is 11.7 Å². The van der Waals surface area contributed by atoms with Gasteiger partial charge in [-0.25, -0.2) is 0 Å². The number of aryl methyl sites for hydroxylation is 3. The molecule has 1 aliphatic heterocycles. The molecule has 1 heterocycles. The van der Waals surface area contributed by atoms with Gasteiger partial charge in [-0.15, -0.1) is 0 Å². The lowest BCUT2D eigenvalue weighted by atomic mass is 10.0. The number of hydrogen-bond donors (Lipinski definition) is 0. The molecule has 0 bridgehead atoms. The van der Waals surface area contributed by atoms with Crippen LogP contribution >= 0.6 is 0 Å². The summed E-state index contributed by atoms with van der Waals surface area (Å²) in [5.74, 6) is 0.287. The van der Waals surface area contributed by atoms with Crippen molar-refractivity contribution in [1.29, 1.82) is 0 Å². The van der Waals surface area contributed by atoms with Crippen LogP contribution in [0.1, 0.15) is 29.2 Å². The van der Waals surface area contributed by atoms with Gasteiger partial charge in [0, 0.05) is 31.6 Å². The monoisotopic (exact) mass is 336 g/mol. The predicted molar refractivity (Wildman–Crippen MR) is 100 cm³/mol. The number of carbonyl (C=O) groups is 1. The van der Waals surface area contributed by atoms with Gasteiger partial charge in [-0.1, -0.05) is 29.8 Å². The Morgan fingerprint density at radius 1 is 1.04 bits per heavy atom. The van der Waals surface area contributed by atoms with E-state index in [9.17, 15) is 4.79 Å². The minimum Gasteiger partial charge on any atom is -0.427 e. The molecule has 0 N–H and O–H groups in total. The molecule has 25 heavy (non-hydrogen) atoms. The second kappa shape index (κ2) is 7.01. The average molecular weight is 336 g/mol. The van der Waals surface area contributed by atoms with Crippen LogP contribution in [0.15, 0.2) is 48.8 Å². The molecular weight excluding hydrogens is 312 g/mol. The highest BCUT2D eigenvalue weighted by molar-refractivity contribution is 5.69. The second-order valence-corrected chi connectivity index (χ2v) is 6.64. The molecule has 0 fully saturated rings. The third-order valence-electron chi connectivity index (χ3n) is 4.28. The number of carbonyl (C=O) groups excluding carboxylic acids is 1. The van der Waals surface area contributed by atoms with Crippen LogP contribution in [-0.4, -0.2) is 17.5 Å². The summed E-state index contributed by atoms with van der Waals surface area (Å²) in [6, 6.07) is 12.1. The molecule has 0 saturated carbocycles. The Balaban J connectivity index is 1.66. The number of esters is 1. The molecule has 0 atom stereocenters. The van der Waals surface area contributed by atoms with Crippen LogP contribution in [0.4, 0.5) is 5.69 Å². The van der Waals surface area contributed by atoms with Gasteiger partial charge in [0.15, 0.2) is 0 Å². The maximum Gasteiger partial charge on any atom is 0.308 e. The Hall–Kier alpha value is -2.75. The molecule has 2 aromatic carbocycles. The fourth-order valence-corrected chi connectivity index (χ4v) is 3.40. The van der Waals surface area contributed by atoms with Crippen molar-refractivity contribution in [2.75, 3.05) is 11.6 Å². The van der Waals surface area contributed by atoms with Crippen molar-refractivity contribution in [2.45, 2.75) is 34.2 Å². The minimum atomic E-state index is -0.297. The van der Waals surface area contributed by atoms with Crippen LogP contribution in [0.25, 0.3) is 0 Å². The van der Waals surface area contributed by atoms with Gasteiger partial charge >= 0.3 is 5.97 Å². The van der Waals surface area contributed by atoms with E-state index < -0.39 is 0 Å². The lowest BCUT2D eigenvalue weighted by Gasteiger charge is -2.25. The zero-order valence-electron chi connectivity index (χ0n) is 15.2. The molecule has 0 aromatic heterocycles. The molecule has 0 aliphatic carbocycles. The smallest absolute Gasteiger partial charge is 0.308 e. The highest BCUT2D eigenvalue weighted by atomic mass is 16.5. The highest BCUT2D eigenvalue weighted by Gasteiger charge is 2.17. The van der Waals surface area contributed by atoms with Crippen molar-refractivity contribution in [3.05, 3.63) is 71.1 Å². The van der Waals surface area contributed by atoms with E-state index in [2.05, 4.69) is 55.1 Å². The quantitative estimate of drug-likeness (QED) is 0.616. The summed E-state index contributed by atoms with van der Waals surface area (Å²) in [4.78, 5) is 15.5. The van der Waals surface area contributed by atoms with Gasteiger partial charge < -0.3 is 14.5 Å². The molecule has 4 nitrogen and oxygen atoms in total. The second-order valence-electron chi connectivity index (χ2n) is 6.64.